The number of aromatic amines is 1. The Hall–Kier alpha value is -1.10. The molecule has 0 amide bonds. The topological polar surface area (TPSA) is 47.0 Å². The first-order chi connectivity index (χ1) is 4.75. The zero-order valence-corrected chi connectivity index (χ0v) is 6.14. The lowest BCUT2D eigenvalue weighted by Crippen LogP contribution is -2.24. The molecular weight excluding hydrogens is 152 g/mol. The highest BCUT2D eigenvalue weighted by atomic mass is 32.1. The van der Waals surface area contributed by atoms with Crippen LogP contribution in [0.4, 0.5) is 0 Å². The maximum absolute atomic E-state index is 10.8. The van der Waals surface area contributed by atoms with E-state index in [0.717, 1.165) is 4.73 Å². The minimum absolute atomic E-state index is 0.259. The summed E-state index contributed by atoms with van der Waals surface area (Å²) in [6, 6.07) is 1.33. The molecule has 0 saturated heterocycles. The summed E-state index contributed by atoms with van der Waals surface area (Å²) in [7, 11) is 1.38. The third-order valence-corrected chi connectivity index (χ3v) is 1.28. The summed E-state index contributed by atoms with van der Waals surface area (Å²) < 4.78 is 1.25. The molecule has 0 radical (unpaired) electrons. The van der Waals surface area contributed by atoms with Crippen molar-refractivity contribution in [1.82, 2.24) is 9.71 Å². The van der Waals surface area contributed by atoms with Gasteiger partial charge in [-0.1, -0.05) is 0 Å². The Balaban J connectivity index is 3.46. The van der Waals surface area contributed by atoms with Crippen LogP contribution in [0.5, 0.6) is 0 Å². The third-order valence-electron chi connectivity index (χ3n) is 1.000. The van der Waals surface area contributed by atoms with Gasteiger partial charge in [-0.2, -0.15) is 0 Å². The molecule has 0 fully saturated rings. The first-order valence-corrected chi connectivity index (χ1v) is 3.02. The van der Waals surface area contributed by atoms with Gasteiger partial charge < -0.3 is 9.82 Å². The van der Waals surface area contributed by atoms with Gasteiger partial charge >= 0.3 is 0 Å². The molecule has 0 aliphatic heterocycles. The molecule has 0 unspecified atom stereocenters. The van der Waals surface area contributed by atoms with E-state index in [2.05, 4.69) is 9.82 Å². The van der Waals surface area contributed by atoms with Crippen LogP contribution in [0.1, 0.15) is 0 Å². The first kappa shape index (κ1) is 7.01. The van der Waals surface area contributed by atoms with E-state index in [1.165, 1.54) is 19.4 Å². The lowest BCUT2D eigenvalue weighted by Gasteiger charge is -1.99. The van der Waals surface area contributed by atoms with Crippen molar-refractivity contribution in [3.8, 4) is 0 Å². The van der Waals surface area contributed by atoms with Crippen LogP contribution in [-0.2, 0) is 0 Å². The molecule has 0 spiro atoms. The van der Waals surface area contributed by atoms with E-state index in [9.17, 15) is 4.79 Å². The van der Waals surface area contributed by atoms with Crippen LogP contribution in [0.15, 0.2) is 17.1 Å². The number of nitrogens with zero attached hydrogens (tertiary/aromatic N) is 1. The van der Waals surface area contributed by atoms with Crippen LogP contribution in [0, 0.1) is 4.77 Å². The van der Waals surface area contributed by atoms with Crippen molar-refractivity contribution in [2.45, 2.75) is 0 Å². The third kappa shape index (κ3) is 1.08. The predicted molar refractivity (Wildman–Crippen MR) is 38.4 cm³/mol. The van der Waals surface area contributed by atoms with Gasteiger partial charge in [-0.05, 0) is 12.2 Å². The highest BCUT2D eigenvalue weighted by Crippen LogP contribution is 1.76. The molecule has 0 saturated carbocycles. The van der Waals surface area contributed by atoms with Crippen molar-refractivity contribution >= 4 is 12.2 Å². The molecule has 0 bridgehead atoms. The number of aromatic nitrogens is 2. The van der Waals surface area contributed by atoms with E-state index in [4.69, 9.17) is 12.2 Å². The minimum atomic E-state index is -0.272. The highest BCUT2D eigenvalue weighted by molar-refractivity contribution is 7.71. The number of hydrogen-bond acceptors (Lipinski definition) is 3. The SMILES string of the molecule is COn1c(=O)cc[nH]c1=S. The second-order valence-corrected chi connectivity index (χ2v) is 1.98. The van der Waals surface area contributed by atoms with Crippen LogP contribution >= 0.6 is 12.2 Å². The summed E-state index contributed by atoms with van der Waals surface area (Å²) in [5, 5.41) is 0. The quantitative estimate of drug-likeness (QED) is 0.583. The Bertz CT molecular complexity index is 299. The van der Waals surface area contributed by atoms with Crippen LogP contribution in [0.3, 0.4) is 0 Å². The van der Waals surface area contributed by atoms with Crippen molar-refractivity contribution in [3.63, 3.8) is 0 Å². The smallest absolute Gasteiger partial charge is 0.287 e. The molecule has 0 aromatic carbocycles. The lowest BCUT2D eigenvalue weighted by molar-refractivity contribution is 0.150. The molecule has 54 valence electrons. The molecule has 1 rings (SSSR count). The van der Waals surface area contributed by atoms with E-state index in [0.29, 0.717) is 0 Å². The van der Waals surface area contributed by atoms with Gasteiger partial charge in [-0.15, -0.1) is 4.73 Å². The number of rotatable bonds is 1. The predicted octanol–water partition coefficient (Wildman–Crippen LogP) is -0.0357. The van der Waals surface area contributed by atoms with E-state index in [1.54, 1.807) is 0 Å². The van der Waals surface area contributed by atoms with Crippen molar-refractivity contribution in [2.75, 3.05) is 7.11 Å². The second kappa shape index (κ2) is 2.66. The van der Waals surface area contributed by atoms with Crippen molar-refractivity contribution in [3.05, 3.63) is 27.4 Å². The summed E-state index contributed by atoms with van der Waals surface area (Å²) in [6.07, 6.45) is 1.47. The van der Waals surface area contributed by atoms with Crippen molar-refractivity contribution in [1.29, 1.82) is 0 Å². The molecule has 1 aromatic heterocycles. The van der Waals surface area contributed by atoms with Crippen LogP contribution in [-0.4, -0.2) is 16.8 Å². The summed E-state index contributed by atoms with van der Waals surface area (Å²) in [4.78, 5) is 18.1. The molecule has 0 atom stereocenters. The van der Waals surface area contributed by atoms with Gasteiger partial charge in [0, 0.05) is 12.3 Å². The molecule has 1 heterocycles. The van der Waals surface area contributed by atoms with Crippen LogP contribution in [0.25, 0.3) is 0 Å². The van der Waals surface area contributed by atoms with Crippen LogP contribution in [0.2, 0.25) is 0 Å². The van der Waals surface area contributed by atoms with Crippen molar-refractivity contribution in [2.24, 2.45) is 0 Å². The standard InChI is InChI=1S/C5H6N2O2S/c1-9-7-4(8)2-3-6-5(7)10/h2-3H,1H3,(H,6,10). The molecular formula is C5H6N2O2S. The van der Waals surface area contributed by atoms with E-state index >= 15 is 0 Å². The molecule has 0 aliphatic rings. The molecule has 1 N–H and O–H groups in total. The lowest BCUT2D eigenvalue weighted by atomic mass is 10.7. The van der Waals surface area contributed by atoms with Gasteiger partial charge in [0.05, 0.1) is 0 Å². The fraction of sp³-hybridized carbons (Fsp3) is 0.200. The molecule has 4 nitrogen and oxygen atoms in total. The zero-order chi connectivity index (χ0) is 7.56. The Labute approximate surface area is 62.0 Å². The normalized spacial score (nSPS) is 9.30. The molecule has 0 aliphatic carbocycles. The van der Waals surface area contributed by atoms with Gasteiger partial charge in [-0.25, -0.2) is 0 Å². The number of hydrogen-bond donors (Lipinski definition) is 1. The van der Waals surface area contributed by atoms with Crippen LogP contribution < -0.4 is 10.4 Å². The largest absolute Gasteiger partial charge is 0.411 e. The first-order valence-electron chi connectivity index (χ1n) is 2.61. The summed E-state index contributed by atoms with van der Waals surface area (Å²) in [6.45, 7) is 0. The Kier molecular flexibility index (Phi) is 1.86. The molecule has 5 heteroatoms. The van der Waals surface area contributed by atoms with Crippen molar-refractivity contribution < 1.29 is 4.84 Å². The Morgan fingerprint density at radius 1 is 1.80 bits per heavy atom. The Morgan fingerprint density at radius 2 is 2.50 bits per heavy atom. The summed E-state index contributed by atoms with van der Waals surface area (Å²) in [5.41, 5.74) is -0.272. The van der Waals surface area contributed by atoms with Gasteiger partial charge in [0.1, 0.15) is 7.11 Å². The van der Waals surface area contributed by atoms with Gasteiger partial charge in [0.2, 0.25) is 4.77 Å². The zero-order valence-electron chi connectivity index (χ0n) is 5.33. The fourth-order valence-corrected chi connectivity index (χ4v) is 0.816. The average Bonchev–Trinajstić information content (AvgIpc) is 1.88. The van der Waals surface area contributed by atoms with E-state index in [-0.39, 0.29) is 10.3 Å². The fourth-order valence-electron chi connectivity index (χ4n) is 0.584. The number of H-pyrrole nitrogens is 1. The number of nitrogens with one attached hydrogen (secondary N) is 1. The highest BCUT2D eigenvalue weighted by Gasteiger charge is 1.91. The van der Waals surface area contributed by atoms with Gasteiger partial charge in [-0.3, -0.25) is 4.79 Å². The molecule has 1 aromatic rings. The second-order valence-electron chi connectivity index (χ2n) is 1.60. The Morgan fingerprint density at radius 3 is 2.90 bits per heavy atom. The maximum Gasteiger partial charge on any atom is 0.287 e. The average molecular weight is 158 g/mol. The van der Waals surface area contributed by atoms with E-state index in [1.807, 2.05) is 0 Å². The van der Waals surface area contributed by atoms with E-state index < -0.39 is 0 Å². The summed E-state index contributed by atoms with van der Waals surface area (Å²) in [5.74, 6) is 0. The molecule has 10 heavy (non-hydrogen) atoms. The maximum atomic E-state index is 10.8. The summed E-state index contributed by atoms with van der Waals surface area (Å²) >= 11 is 4.72. The van der Waals surface area contributed by atoms with Gasteiger partial charge in [0.25, 0.3) is 5.56 Å². The van der Waals surface area contributed by atoms with Gasteiger partial charge in [0.15, 0.2) is 0 Å². The monoisotopic (exact) mass is 158 g/mol. The minimum Gasteiger partial charge on any atom is -0.411 e.